The van der Waals surface area contributed by atoms with Gasteiger partial charge in [0.05, 0.1) is 21.6 Å². The third-order valence-corrected chi connectivity index (χ3v) is 12.0. The number of aromatic nitrogens is 2. The molecule has 228 valence electrons. The Labute approximate surface area is 286 Å². The first-order chi connectivity index (χ1) is 23.5. The standard InChI is InChI=1S/C43H29N3S2/c1-24-22-25(2)36(26(3)23-24)40-31-16-8-10-18-33(31)44-43(45-40)46-41-39(38-28-13-5-4-12-27(28)20-21-35(38)48-46)30-15-7-6-14-29(30)37-32-17-9-11-19-34(32)47-42(37)41/h4-23H,1-3H3. The maximum Gasteiger partial charge on any atom is 0.241 e. The van der Waals surface area contributed by atoms with Crippen molar-refractivity contribution in [3.05, 3.63) is 138 Å². The fraction of sp³-hybridized carbons (Fsp3) is 0.0698. The monoisotopic (exact) mass is 651 g/mol. The summed E-state index contributed by atoms with van der Waals surface area (Å²) in [5.41, 5.74) is 10.5. The van der Waals surface area contributed by atoms with Crippen LogP contribution in [0.2, 0.25) is 0 Å². The van der Waals surface area contributed by atoms with Crippen LogP contribution in [0.5, 0.6) is 0 Å². The van der Waals surface area contributed by atoms with Gasteiger partial charge in [0.15, 0.2) is 0 Å². The van der Waals surface area contributed by atoms with Gasteiger partial charge in [-0.25, -0.2) is 14.3 Å². The number of benzene rings is 7. The first kappa shape index (κ1) is 27.8. The van der Waals surface area contributed by atoms with Crippen LogP contribution in [-0.4, -0.2) is 9.97 Å². The Morgan fingerprint density at radius 3 is 2.04 bits per heavy atom. The van der Waals surface area contributed by atoms with Crippen molar-refractivity contribution in [2.45, 2.75) is 25.7 Å². The van der Waals surface area contributed by atoms with Gasteiger partial charge in [0.2, 0.25) is 5.95 Å². The first-order valence-electron chi connectivity index (χ1n) is 16.3. The molecule has 2 aromatic heterocycles. The van der Waals surface area contributed by atoms with Crippen molar-refractivity contribution in [3.63, 3.8) is 0 Å². The number of thiophene rings is 1. The number of para-hydroxylation sites is 1. The Morgan fingerprint density at radius 1 is 0.562 bits per heavy atom. The topological polar surface area (TPSA) is 29.0 Å². The van der Waals surface area contributed by atoms with Crippen molar-refractivity contribution in [1.82, 2.24) is 9.97 Å². The summed E-state index contributed by atoms with van der Waals surface area (Å²) in [4.78, 5) is 12.1. The number of hydrogen-bond acceptors (Lipinski definition) is 5. The van der Waals surface area contributed by atoms with E-state index in [1.54, 1.807) is 11.9 Å². The van der Waals surface area contributed by atoms with E-state index in [1.165, 1.54) is 80.0 Å². The van der Waals surface area contributed by atoms with Crippen LogP contribution in [0.3, 0.4) is 0 Å². The minimum absolute atomic E-state index is 0.696. The normalized spacial score (nSPS) is 12.8. The highest BCUT2D eigenvalue weighted by molar-refractivity contribution is 8.01. The minimum atomic E-state index is 0.696. The summed E-state index contributed by atoms with van der Waals surface area (Å²) in [7, 11) is 0. The molecule has 3 heterocycles. The van der Waals surface area contributed by atoms with Crippen molar-refractivity contribution in [1.29, 1.82) is 0 Å². The molecule has 0 bridgehead atoms. The van der Waals surface area contributed by atoms with Crippen molar-refractivity contribution in [3.8, 4) is 22.4 Å². The van der Waals surface area contributed by atoms with Gasteiger partial charge in [0, 0.05) is 42.4 Å². The second kappa shape index (κ2) is 10.4. The number of aryl methyl sites for hydroxylation is 3. The molecule has 0 saturated carbocycles. The van der Waals surface area contributed by atoms with Crippen molar-refractivity contribution >= 4 is 87.5 Å². The van der Waals surface area contributed by atoms with Crippen molar-refractivity contribution < 1.29 is 0 Å². The predicted octanol–water partition coefficient (Wildman–Crippen LogP) is 12.7. The minimum Gasteiger partial charge on any atom is -0.246 e. The molecule has 10 rings (SSSR count). The zero-order valence-electron chi connectivity index (χ0n) is 26.7. The van der Waals surface area contributed by atoms with Gasteiger partial charge in [0.1, 0.15) is 0 Å². The lowest BCUT2D eigenvalue weighted by Crippen LogP contribution is -2.16. The van der Waals surface area contributed by atoms with Crippen LogP contribution < -0.4 is 4.31 Å². The van der Waals surface area contributed by atoms with Crippen molar-refractivity contribution in [2.24, 2.45) is 0 Å². The van der Waals surface area contributed by atoms with Gasteiger partial charge in [-0.2, -0.15) is 0 Å². The van der Waals surface area contributed by atoms with E-state index in [2.05, 4.69) is 146 Å². The van der Waals surface area contributed by atoms with E-state index in [1.807, 2.05) is 11.3 Å². The lowest BCUT2D eigenvalue weighted by atomic mass is 9.90. The number of rotatable bonds is 2. The summed E-state index contributed by atoms with van der Waals surface area (Å²) in [5, 5.41) is 8.68. The molecule has 48 heavy (non-hydrogen) atoms. The molecule has 9 aromatic rings. The Kier molecular flexibility index (Phi) is 6.02. The van der Waals surface area contributed by atoms with Crippen LogP contribution in [0.1, 0.15) is 16.7 Å². The maximum absolute atomic E-state index is 5.52. The van der Waals surface area contributed by atoms with Gasteiger partial charge >= 0.3 is 0 Å². The molecule has 1 aliphatic rings. The second-order valence-corrected chi connectivity index (χ2v) is 14.8. The van der Waals surface area contributed by atoms with E-state index in [9.17, 15) is 0 Å². The second-order valence-electron chi connectivity index (χ2n) is 12.8. The highest BCUT2D eigenvalue weighted by Crippen LogP contribution is 2.59. The van der Waals surface area contributed by atoms with Crippen molar-refractivity contribution in [2.75, 3.05) is 4.31 Å². The van der Waals surface area contributed by atoms with Crippen LogP contribution in [0, 0.1) is 20.8 Å². The number of fused-ring (bicyclic) bond motifs is 13. The molecule has 0 N–H and O–H groups in total. The summed E-state index contributed by atoms with van der Waals surface area (Å²) in [5.74, 6) is 0.696. The van der Waals surface area contributed by atoms with Gasteiger partial charge < -0.3 is 0 Å². The molecule has 0 unspecified atom stereocenters. The molecule has 0 fully saturated rings. The molecule has 3 nitrogen and oxygen atoms in total. The Hall–Kier alpha value is -5.23. The summed E-state index contributed by atoms with van der Waals surface area (Å²) >= 11 is 3.61. The smallest absolute Gasteiger partial charge is 0.241 e. The average Bonchev–Trinajstić information content (AvgIpc) is 3.50. The number of anilines is 2. The van der Waals surface area contributed by atoms with Crippen LogP contribution in [-0.2, 0) is 0 Å². The number of nitrogens with zero attached hydrogens (tertiary/aromatic N) is 3. The molecular formula is C43H29N3S2. The third-order valence-electron chi connectivity index (χ3n) is 9.73. The van der Waals surface area contributed by atoms with E-state index in [-0.39, 0.29) is 0 Å². The molecule has 1 aliphatic heterocycles. The van der Waals surface area contributed by atoms with Gasteiger partial charge in [0.25, 0.3) is 0 Å². The molecule has 0 saturated heterocycles. The Balaban J connectivity index is 1.37. The van der Waals surface area contributed by atoms with Gasteiger partial charge in [-0.15, -0.1) is 11.3 Å². The van der Waals surface area contributed by atoms with Crippen LogP contribution in [0.25, 0.3) is 75.0 Å². The lowest BCUT2D eigenvalue weighted by Gasteiger charge is -2.32. The quantitative estimate of drug-likeness (QED) is 0.174. The van der Waals surface area contributed by atoms with E-state index in [0.29, 0.717) is 5.95 Å². The highest BCUT2D eigenvalue weighted by atomic mass is 32.2. The molecule has 7 aromatic carbocycles. The van der Waals surface area contributed by atoms with E-state index in [4.69, 9.17) is 9.97 Å². The van der Waals surface area contributed by atoms with E-state index in [0.717, 1.165) is 22.3 Å². The summed E-state index contributed by atoms with van der Waals surface area (Å²) in [6, 6.07) is 44.0. The summed E-state index contributed by atoms with van der Waals surface area (Å²) in [6.07, 6.45) is 0. The molecular weight excluding hydrogens is 623 g/mol. The van der Waals surface area contributed by atoms with Crippen LogP contribution in [0.4, 0.5) is 11.6 Å². The Bertz CT molecular complexity index is 2790. The predicted molar refractivity (Wildman–Crippen MR) is 207 cm³/mol. The molecule has 0 aliphatic carbocycles. The molecule has 0 amide bonds. The lowest BCUT2D eigenvalue weighted by molar-refractivity contribution is 1.16. The van der Waals surface area contributed by atoms with E-state index < -0.39 is 0 Å². The molecule has 0 radical (unpaired) electrons. The first-order valence-corrected chi connectivity index (χ1v) is 17.9. The van der Waals surface area contributed by atoms with Crippen LogP contribution >= 0.6 is 23.3 Å². The number of hydrogen-bond donors (Lipinski definition) is 0. The fourth-order valence-electron chi connectivity index (χ4n) is 7.86. The largest absolute Gasteiger partial charge is 0.246 e. The van der Waals surface area contributed by atoms with Gasteiger partial charge in [-0.3, -0.25) is 0 Å². The third kappa shape index (κ3) is 3.95. The van der Waals surface area contributed by atoms with Gasteiger partial charge in [-0.05, 0) is 83.6 Å². The fourth-order valence-corrected chi connectivity index (χ4v) is 10.2. The molecule has 5 heteroatoms. The highest BCUT2D eigenvalue weighted by Gasteiger charge is 2.33. The zero-order chi connectivity index (χ0) is 32.1. The molecule has 0 atom stereocenters. The summed E-state index contributed by atoms with van der Waals surface area (Å²) < 4.78 is 4.87. The maximum atomic E-state index is 5.52. The summed E-state index contributed by atoms with van der Waals surface area (Å²) in [6.45, 7) is 6.56. The van der Waals surface area contributed by atoms with Crippen LogP contribution in [0.15, 0.2) is 126 Å². The Morgan fingerprint density at radius 2 is 1.23 bits per heavy atom. The average molecular weight is 652 g/mol. The molecule has 0 spiro atoms. The SMILES string of the molecule is Cc1cc(C)c(-c2nc(N3Sc4ccc5ccccc5c4-c4c3c3sc5ccccc5c3c3ccccc43)nc3ccccc23)c(C)c1. The van der Waals surface area contributed by atoms with E-state index >= 15 is 0 Å². The zero-order valence-corrected chi connectivity index (χ0v) is 28.3. The van der Waals surface area contributed by atoms with Gasteiger partial charge in [-0.1, -0.05) is 109 Å².